The largest absolute Gasteiger partial charge is 0.490 e. The summed E-state index contributed by atoms with van der Waals surface area (Å²) in [6, 6.07) is 3.41. The molecule has 8 heteroatoms. The Bertz CT molecular complexity index is 570. The molecule has 1 amide bonds. The molecule has 0 heterocycles. The molecule has 0 radical (unpaired) electrons. The van der Waals surface area contributed by atoms with Crippen molar-refractivity contribution in [3.8, 4) is 5.75 Å². The Morgan fingerprint density at radius 2 is 2.05 bits per heavy atom. The summed E-state index contributed by atoms with van der Waals surface area (Å²) in [6.07, 6.45) is 0. The Hall–Kier alpha value is -2.64. The van der Waals surface area contributed by atoms with Crippen LogP contribution in [-0.2, 0) is 4.79 Å². The van der Waals surface area contributed by atoms with E-state index in [4.69, 9.17) is 9.84 Å². The van der Waals surface area contributed by atoms with Crippen LogP contribution in [0.5, 0.6) is 5.75 Å². The fraction of sp³-hybridized carbons (Fsp3) is 0.385. The lowest BCUT2D eigenvalue weighted by Gasteiger charge is -2.24. The summed E-state index contributed by atoms with van der Waals surface area (Å²) in [6.45, 7) is 2.86. The van der Waals surface area contributed by atoms with E-state index in [-0.39, 0.29) is 23.0 Å². The molecule has 0 bridgehead atoms. The van der Waals surface area contributed by atoms with Crippen molar-refractivity contribution in [2.24, 2.45) is 0 Å². The number of ether oxygens (including phenoxy) is 1. The molecule has 0 spiro atoms. The molecule has 0 saturated carbocycles. The molecule has 0 aliphatic rings. The van der Waals surface area contributed by atoms with Gasteiger partial charge in [0.05, 0.1) is 12.0 Å². The van der Waals surface area contributed by atoms with Gasteiger partial charge in [0, 0.05) is 17.7 Å². The average Bonchev–Trinajstić information content (AvgIpc) is 2.42. The summed E-state index contributed by atoms with van der Waals surface area (Å²) in [7, 11) is 1.29. The van der Waals surface area contributed by atoms with Crippen LogP contribution in [0.25, 0.3) is 0 Å². The number of aliphatic carboxylic acids is 1. The third-order valence-corrected chi connectivity index (χ3v) is 2.81. The molecule has 114 valence electrons. The molecule has 0 aromatic heterocycles. The lowest BCUT2D eigenvalue weighted by Crippen LogP contribution is -2.40. The van der Waals surface area contributed by atoms with Gasteiger partial charge in [-0.05, 0) is 26.0 Å². The van der Waals surface area contributed by atoms with E-state index in [1.807, 2.05) is 0 Å². The molecule has 0 unspecified atom stereocenters. The second-order valence-electron chi connectivity index (χ2n) is 4.56. The molecular weight excluding hydrogens is 280 g/mol. The van der Waals surface area contributed by atoms with Crippen molar-refractivity contribution in [2.45, 2.75) is 19.9 Å². The van der Waals surface area contributed by atoms with Gasteiger partial charge in [0.1, 0.15) is 6.54 Å². The number of carbonyl (C=O) groups is 2. The highest BCUT2D eigenvalue weighted by Crippen LogP contribution is 2.28. The molecule has 21 heavy (non-hydrogen) atoms. The molecule has 0 aliphatic heterocycles. The smallest absolute Gasteiger partial charge is 0.323 e. The van der Waals surface area contributed by atoms with Gasteiger partial charge in [-0.1, -0.05) is 0 Å². The van der Waals surface area contributed by atoms with Crippen LogP contribution in [0.4, 0.5) is 5.69 Å². The van der Waals surface area contributed by atoms with Gasteiger partial charge >= 0.3 is 11.7 Å². The molecule has 1 aromatic carbocycles. The standard InChI is InChI=1S/C13H16N2O6/c1-8(2)14(7-12(16)17)13(18)9-4-5-11(21-3)10(6-9)15(19)20/h4-6,8H,7H2,1-3H3,(H,16,17). The Balaban J connectivity index is 3.19. The number of rotatable bonds is 6. The molecule has 0 fully saturated rings. The second-order valence-corrected chi connectivity index (χ2v) is 4.56. The molecule has 1 aromatic rings. The molecular formula is C13H16N2O6. The summed E-state index contributed by atoms with van der Waals surface area (Å²) in [4.78, 5) is 34.5. The average molecular weight is 296 g/mol. The van der Waals surface area contributed by atoms with E-state index in [0.717, 1.165) is 11.0 Å². The highest BCUT2D eigenvalue weighted by atomic mass is 16.6. The Morgan fingerprint density at radius 3 is 2.48 bits per heavy atom. The number of methoxy groups -OCH3 is 1. The molecule has 0 aliphatic carbocycles. The molecule has 1 N–H and O–H groups in total. The highest BCUT2D eigenvalue weighted by Gasteiger charge is 2.24. The number of benzene rings is 1. The van der Waals surface area contributed by atoms with Gasteiger partial charge in [0.25, 0.3) is 5.91 Å². The molecule has 0 saturated heterocycles. The Labute approximate surface area is 121 Å². The number of hydrogen-bond acceptors (Lipinski definition) is 5. The first-order chi connectivity index (χ1) is 9.77. The van der Waals surface area contributed by atoms with Gasteiger partial charge in [-0.3, -0.25) is 19.7 Å². The quantitative estimate of drug-likeness (QED) is 0.629. The first-order valence-electron chi connectivity index (χ1n) is 6.13. The lowest BCUT2D eigenvalue weighted by atomic mass is 10.1. The van der Waals surface area contributed by atoms with E-state index in [1.54, 1.807) is 13.8 Å². The van der Waals surface area contributed by atoms with Crippen LogP contribution in [0.3, 0.4) is 0 Å². The van der Waals surface area contributed by atoms with Crippen molar-refractivity contribution in [3.05, 3.63) is 33.9 Å². The van der Waals surface area contributed by atoms with Crippen LogP contribution in [0.2, 0.25) is 0 Å². The summed E-state index contributed by atoms with van der Waals surface area (Å²) < 4.78 is 4.85. The van der Waals surface area contributed by atoms with E-state index >= 15 is 0 Å². The zero-order valence-electron chi connectivity index (χ0n) is 11.9. The van der Waals surface area contributed by atoms with Crippen molar-refractivity contribution < 1.29 is 24.4 Å². The third-order valence-electron chi connectivity index (χ3n) is 2.81. The predicted molar refractivity (Wildman–Crippen MR) is 73.5 cm³/mol. The number of carboxylic acids is 1. The van der Waals surface area contributed by atoms with Crippen LogP contribution < -0.4 is 4.74 Å². The summed E-state index contributed by atoms with van der Waals surface area (Å²) >= 11 is 0. The van der Waals surface area contributed by atoms with Crippen molar-refractivity contribution in [1.29, 1.82) is 0 Å². The first-order valence-corrected chi connectivity index (χ1v) is 6.13. The minimum Gasteiger partial charge on any atom is -0.490 e. The zero-order chi connectivity index (χ0) is 16.2. The van der Waals surface area contributed by atoms with Gasteiger partial charge in [-0.2, -0.15) is 0 Å². The second kappa shape index (κ2) is 6.69. The topological polar surface area (TPSA) is 110 Å². The summed E-state index contributed by atoms with van der Waals surface area (Å²) in [5.74, 6) is -1.70. The van der Waals surface area contributed by atoms with Crippen LogP contribution in [0.1, 0.15) is 24.2 Å². The number of nitro groups is 1. The van der Waals surface area contributed by atoms with E-state index in [0.29, 0.717) is 0 Å². The van der Waals surface area contributed by atoms with Gasteiger partial charge in [-0.15, -0.1) is 0 Å². The normalized spacial score (nSPS) is 10.3. The van der Waals surface area contributed by atoms with Gasteiger partial charge in [0.2, 0.25) is 0 Å². The van der Waals surface area contributed by atoms with Crippen molar-refractivity contribution in [1.82, 2.24) is 4.90 Å². The maximum atomic E-state index is 12.3. The van der Waals surface area contributed by atoms with Gasteiger partial charge < -0.3 is 14.7 Å². The SMILES string of the molecule is COc1ccc(C(=O)N(CC(=O)O)C(C)C)cc1[N+](=O)[O-]. The monoisotopic (exact) mass is 296 g/mol. The number of nitro benzene ring substituents is 1. The van der Waals surface area contributed by atoms with Crippen LogP contribution in [-0.4, -0.2) is 46.5 Å². The van der Waals surface area contributed by atoms with Crippen molar-refractivity contribution in [2.75, 3.05) is 13.7 Å². The fourth-order valence-corrected chi connectivity index (χ4v) is 1.77. The molecule has 1 rings (SSSR count). The summed E-state index contributed by atoms with van der Waals surface area (Å²) in [5, 5.41) is 19.8. The number of amides is 1. The summed E-state index contributed by atoms with van der Waals surface area (Å²) in [5.41, 5.74) is -0.306. The van der Waals surface area contributed by atoms with Gasteiger partial charge in [-0.25, -0.2) is 0 Å². The first kappa shape index (κ1) is 16.4. The van der Waals surface area contributed by atoms with E-state index < -0.39 is 23.3 Å². The number of nitrogens with zero attached hydrogens (tertiary/aromatic N) is 2. The highest BCUT2D eigenvalue weighted by molar-refractivity contribution is 5.96. The molecule has 8 nitrogen and oxygen atoms in total. The van der Waals surface area contributed by atoms with E-state index in [1.165, 1.54) is 19.2 Å². The van der Waals surface area contributed by atoms with E-state index in [9.17, 15) is 19.7 Å². The zero-order valence-corrected chi connectivity index (χ0v) is 11.9. The molecule has 0 atom stereocenters. The third kappa shape index (κ3) is 3.91. The van der Waals surface area contributed by atoms with Crippen molar-refractivity contribution in [3.63, 3.8) is 0 Å². The predicted octanol–water partition coefficient (Wildman–Crippen LogP) is 1.54. The van der Waals surface area contributed by atoms with Crippen LogP contribution in [0.15, 0.2) is 18.2 Å². The van der Waals surface area contributed by atoms with Crippen molar-refractivity contribution >= 4 is 17.6 Å². The number of hydrogen-bond donors (Lipinski definition) is 1. The minimum atomic E-state index is -1.15. The Morgan fingerprint density at radius 1 is 1.43 bits per heavy atom. The fourth-order valence-electron chi connectivity index (χ4n) is 1.77. The van der Waals surface area contributed by atoms with E-state index in [2.05, 4.69) is 0 Å². The maximum absolute atomic E-state index is 12.3. The Kier molecular flexibility index (Phi) is 5.23. The minimum absolute atomic E-state index is 0.0332. The lowest BCUT2D eigenvalue weighted by molar-refractivity contribution is -0.385. The maximum Gasteiger partial charge on any atom is 0.323 e. The van der Waals surface area contributed by atoms with Gasteiger partial charge in [0.15, 0.2) is 5.75 Å². The van der Waals surface area contributed by atoms with Crippen LogP contribution in [0, 0.1) is 10.1 Å². The number of carbonyl (C=O) groups excluding carboxylic acids is 1. The van der Waals surface area contributed by atoms with Crippen LogP contribution >= 0.6 is 0 Å². The number of carboxylic acid groups (broad SMARTS) is 1.